The van der Waals surface area contributed by atoms with Gasteiger partial charge in [-0.2, -0.15) is 0 Å². The van der Waals surface area contributed by atoms with Gasteiger partial charge in [0.1, 0.15) is 0 Å². The molecule has 1 spiro atoms. The lowest BCUT2D eigenvalue weighted by atomic mass is 9.83. The number of nitrogens with zero attached hydrogens (tertiary/aromatic N) is 1. The number of rotatable bonds is 3. The van der Waals surface area contributed by atoms with Crippen LogP contribution in [0.2, 0.25) is 0 Å². The summed E-state index contributed by atoms with van der Waals surface area (Å²) in [6.45, 7) is 3.13. The van der Waals surface area contributed by atoms with Gasteiger partial charge < -0.3 is 14.7 Å². The van der Waals surface area contributed by atoms with Crippen molar-refractivity contribution < 1.29 is 9.84 Å². The molecule has 1 atom stereocenters. The van der Waals surface area contributed by atoms with Gasteiger partial charge in [-0.3, -0.25) is 0 Å². The summed E-state index contributed by atoms with van der Waals surface area (Å²) in [4.78, 5) is 2.51. The number of benzene rings is 2. The molecule has 1 N–H and O–H groups in total. The van der Waals surface area contributed by atoms with Crippen LogP contribution >= 0.6 is 0 Å². The molecule has 0 amide bonds. The van der Waals surface area contributed by atoms with Gasteiger partial charge in [-0.25, -0.2) is 0 Å². The number of hydrogen-bond acceptors (Lipinski definition) is 3. The molecule has 23 heavy (non-hydrogen) atoms. The minimum Gasteiger partial charge on any atom is -0.364 e. The van der Waals surface area contributed by atoms with Crippen molar-refractivity contribution in [2.24, 2.45) is 0 Å². The van der Waals surface area contributed by atoms with E-state index in [-0.39, 0.29) is 5.60 Å². The van der Waals surface area contributed by atoms with E-state index in [1.807, 2.05) is 18.2 Å². The summed E-state index contributed by atoms with van der Waals surface area (Å²) in [6, 6.07) is 18.8. The summed E-state index contributed by atoms with van der Waals surface area (Å²) in [5, 5.41) is 10.2. The van der Waals surface area contributed by atoms with E-state index in [4.69, 9.17) is 4.74 Å². The molecule has 3 heteroatoms. The molecule has 4 rings (SSSR count). The van der Waals surface area contributed by atoms with E-state index in [9.17, 15) is 5.11 Å². The molecule has 0 radical (unpaired) electrons. The molecule has 2 heterocycles. The third kappa shape index (κ3) is 2.80. The highest BCUT2D eigenvalue weighted by Crippen LogP contribution is 2.48. The van der Waals surface area contributed by atoms with Crippen LogP contribution in [-0.2, 0) is 16.8 Å². The summed E-state index contributed by atoms with van der Waals surface area (Å²) in [6.07, 6.45) is 2.24. The Labute approximate surface area is 137 Å². The maximum Gasteiger partial charge on any atom is 0.182 e. The monoisotopic (exact) mass is 309 g/mol. The smallest absolute Gasteiger partial charge is 0.182 e. The van der Waals surface area contributed by atoms with Gasteiger partial charge in [0, 0.05) is 25.2 Å². The molecule has 3 nitrogen and oxygen atoms in total. The predicted octanol–water partition coefficient (Wildman–Crippen LogP) is 3.24. The van der Waals surface area contributed by atoms with Crippen LogP contribution in [0.3, 0.4) is 0 Å². The van der Waals surface area contributed by atoms with Crippen molar-refractivity contribution in [3.8, 4) is 0 Å². The van der Waals surface area contributed by atoms with Gasteiger partial charge in [-0.05, 0) is 30.4 Å². The normalized spacial score (nSPS) is 23.1. The fourth-order valence-corrected chi connectivity index (χ4v) is 3.92. The Morgan fingerprint density at radius 3 is 2.48 bits per heavy atom. The average Bonchev–Trinajstić information content (AvgIpc) is 2.88. The molecule has 0 aliphatic carbocycles. The molecule has 2 aromatic carbocycles. The second-order valence-corrected chi connectivity index (χ2v) is 6.63. The second kappa shape index (κ2) is 6.08. The van der Waals surface area contributed by atoms with E-state index in [0.29, 0.717) is 0 Å². The van der Waals surface area contributed by atoms with E-state index in [1.165, 1.54) is 11.1 Å². The van der Waals surface area contributed by atoms with E-state index in [1.54, 1.807) is 0 Å². The minimum atomic E-state index is -0.762. The van der Waals surface area contributed by atoms with Crippen molar-refractivity contribution in [1.82, 2.24) is 4.90 Å². The van der Waals surface area contributed by atoms with E-state index >= 15 is 0 Å². The first-order valence-electron chi connectivity index (χ1n) is 8.48. The predicted molar refractivity (Wildman–Crippen MR) is 90.0 cm³/mol. The zero-order valence-corrected chi connectivity index (χ0v) is 13.3. The van der Waals surface area contributed by atoms with Crippen LogP contribution in [0, 0.1) is 0 Å². The number of ether oxygens (including phenoxy) is 1. The minimum absolute atomic E-state index is 0.279. The van der Waals surface area contributed by atoms with Crippen molar-refractivity contribution in [2.75, 3.05) is 19.6 Å². The van der Waals surface area contributed by atoms with Gasteiger partial charge in [-0.15, -0.1) is 0 Å². The summed E-state index contributed by atoms with van der Waals surface area (Å²) < 4.78 is 6.00. The van der Waals surface area contributed by atoms with Crippen LogP contribution in [0.25, 0.3) is 0 Å². The Morgan fingerprint density at radius 1 is 1.00 bits per heavy atom. The first kappa shape index (κ1) is 14.9. The van der Waals surface area contributed by atoms with Crippen LogP contribution in [0.15, 0.2) is 54.6 Å². The molecular formula is C20H23NO2. The van der Waals surface area contributed by atoms with Gasteiger partial charge >= 0.3 is 0 Å². The first-order chi connectivity index (χ1) is 11.3. The molecule has 0 unspecified atom stereocenters. The SMILES string of the molecule is O[C@H]1OC2(CCN(CCc3ccccc3)CC2)c2ccccc21. The number of piperidine rings is 1. The molecule has 2 aromatic rings. The van der Waals surface area contributed by atoms with Crippen molar-refractivity contribution in [3.63, 3.8) is 0 Å². The van der Waals surface area contributed by atoms with Crippen LogP contribution in [0.1, 0.15) is 35.8 Å². The van der Waals surface area contributed by atoms with Crippen LogP contribution in [-0.4, -0.2) is 29.6 Å². The third-order valence-corrected chi connectivity index (χ3v) is 5.28. The number of aliphatic hydroxyl groups excluding tert-OH is 1. The van der Waals surface area contributed by atoms with Crippen molar-refractivity contribution in [3.05, 3.63) is 71.3 Å². The number of aliphatic hydroxyl groups is 1. The van der Waals surface area contributed by atoms with Gasteiger partial charge in [0.05, 0.1) is 5.60 Å². The largest absolute Gasteiger partial charge is 0.364 e. The topological polar surface area (TPSA) is 32.7 Å². The van der Waals surface area contributed by atoms with Gasteiger partial charge in [0.25, 0.3) is 0 Å². The third-order valence-electron chi connectivity index (χ3n) is 5.28. The Morgan fingerprint density at radius 2 is 1.70 bits per heavy atom. The molecule has 0 aromatic heterocycles. The molecule has 2 aliphatic heterocycles. The van der Waals surface area contributed by atoms with Crippen molar-refractivity contribution in [2.45, 2.75) is 31.2 Å². The first-order valence-corrected chi connectivity index (χ1v) is 8.48. The van der Waals surface area contributed by atoms with Crippen molar-refractivity contribution in [1.29, 1.82) is 0 Å². The Bertz CT molecular complexity index is 662. The molecule has 1 fully saturated rings. The lowest BCUT2D eigenvalue weighted by molar-refractivity contribution is -0.188. The summed E-state index contributed by atoms with van der Waals surface area (Å²) in [7, 11) is 0. The maximum atomic E-state index is 10.2. The number of hydrogen-bond donors (Lipinski definition) is 1. The summed E-state index contributed by atoms with van der Waals surface area (Å²) >= 11 is 0. The van der Waals surface area contributed by atoms with Gasteiger partial charge in [-0.1, -0.05) is 54.6 Å². The zero-order valence-electron chi connectivity index (χ0n) is 13.3. The molecular weight excluding hydrogens is 286 g/mol. The highest BCUT2D eigenvalue weighted by atomic mass is 16.6. The molecule has 1 saturated heterocycles. The highest BCUT2D eigenvalue weighted by Gasteiger charge is 2.45. The molecule has 0 bridgehead atoms. The second-order valence-electron chi connectivity index (χ2n) is 6.63. The summed E-state index contributed by atoms with van der Waals surface area (Å²) in [5.74, 6) is 0. The Hall–Kier alpha value is -1.68. The quantitative estimate of drug-likeness (QED) is 0.945. The zero-order chi connectivity index (χ0) is 15.7. The average molecular weight is 309 g/mol. The molecule has 0 saturated carbocycles. The lowest BCUT2D eigenvalue weighted by Crippen LogP contribution is -2.43. The lowest BCUT2D eigenvalue weighted by Gasteiger charge is -2.39. The fraction of sp³-hybridized carbons (Fsp3) is 0.400. The standard InChI is InChI=1S/C20H23NO2/c22-19-17-8-4-5-9-18(17)20(23-19)11-14-21(15-12-20)13-10-16-6-2-1-3-7-16/h1-9,19,22H,10-15H2/t19-/m0/s1. The molecule has 120 valence electrons. The number of likely N-dealkylation sites (tertiary alicyclic amines) is 1. The van der Waals surface area contributed by atoms with Gasteiger partial charge in [0.2, 0.25) is 0 Å². The van der Waals surface area contributed by atoms with E-state index < -0.39 is 6.29 Å². The summed E-state index contributed by atoms with van der Waals surface area (Å²) in [5.41, 5.74) is 3.25. The van der Waals surface area contributed by atoms with Crippen LogP contribution < -0.4 is 0 Å². The van der Waals surface area contributed by atoms with Gasteiger partial charge in [0.15, 0.2) is 6.29 Å². The van der Waals surface area contributed by atoms with Crippen molar-refractivity contribution >= 4 is 0 Å². The number of fused-ring (bicyclic) bond motifs is 2. The van der Waals surface area contributed by atoms with E-state index in [0.717, 1.165) is 44.5 Å². The Kier molecular flexibility index (Phi) is 3.93. The van der Waals surface area contributed by atoms with Crippen LogP contribution in [0.5, 0.6) is 0 Å². The van der Waals surface area contributed by atoms with Crippen LogP contribution in [0.4, 0.5) is 0 Å². The molecule has 2 aliphatic rings. The maximum absolute atomic E-state index is 10.2. The highest BCUT2D eigenvalue weighted by molar-refractivity contribution is 5.37. The fourth-order valence-electron chi connectivity index (χ4n) is 3.92. The van der Waals surface area contributed by atoms with E-state index in [2.05, 4.69) is 41.3 Å². The Balaban J connectivity index is 1.40.